The Morgan fingerprint density at radius 1 is 1.16 bits per heavy atom. The monoisotopic (exact) mass is 519 g/mol. The molecule has 3 aromatic heterocycles. The number of aromatic hydroxyl groups is 1. The molecule has 11 heteroatoms. The minimum atomic E-state index is -0.811. The number of benzene rings is 1. The predicted molar refractivity (Wildman–Crippen MR) is 139 cm³/mol. The highest BCUT2D eigenvalue weighted by molar-refractivity contribution is 5.72. The molecule has 1 saturated heterocycles. The van der Waals surface area contributed by atoms with Crippen LogP contribution in [0.25, 0.3) is 5.65 Å². The normalized spacial score (nSPS) is 14.9. The van der Waals surface area contributed by atoms with Crippen molar-refractivity contribution >= 4 is 17.3 Å². The zero-order valence-corrected chi connectivity index (χ0v) is 21.2. The van der Waals surface area contributed by atoms with Crippen LogP contribution in [0, 0.1) is 0 Å². The topological polar surface area (TPSA) is 123 Å². The molecule has 1 aliphatic rings. The minimum Gasteiger partial charge on any atom is -0.502 e. The molecule has 0 amide bonds. The van der Waals surface area contributed by atoms with Crippen LogP contribution in [0.15, 0.2) is 64.2 Å². The summed E-state index contributed by atoms with van der Waals surface area (Å²) in [5.41, 5.74) is 1.58. The van der Waals surface area contributed by atoms with E-state index in [9.17, 15) is 14.7 Å². The Kier molecular flexibility index (Phi) is 7.27. The van der Waals surface area contributed by atoms with Crippen LogP contribution in [-0.2, 0) is 16.1 Å². The number of aromatic nitrogens is 3. The molecular weight excluding hydrogens is 490 g/mol. The first kappa shape index (κ1) is 25.3. The number of carbonyl (C=O) groups excluding carboxylic acids is 1. The minimum absolute atomic E-state index is 0.00433. The van der Waals surface area contributed by atoms with Gasteiger partial charge in [0.2, 0.25) is 11.2 Å². The average Bonchev–Trinajstić information content (AvgIpc) is 3.38. The molecule has 38 heavy (non-hydrogen) atoms. The predicted octanol–water partition coefficient (Wildman–Crippen LogP) is 2.41. The van der Waals surface area contributed by atoms with Crippen LogP contribution in [-0.4, -0.2) is 71.0 Å². The fraction of sp³-hybridized carbons (Fsp3) is 0.333. The molecule has 0 unspecified atom stereocenters. The first-order valence-corrected chi connectivity index (χ1v) is 12.3. The summed E-state index contributed by atoms with van der Waals surface area (Å²) in [4.78, 5) is 33.9. The SMILES string of the molecule is COC(=O)C[C@@H](c1oc(CN2CCN(c3ccc(OC)cc3)CC2)cc(=O)c1O)c1cnn2cccnc12. The third-order valence-electron chi connectivity index (χ3n) is 6.79. The zero-order chi connectivity index (χ0) is 26.6. The van der Waals surface area contributed by atoms with Crippen molar-refractivity contribution in [3.63, 3.8) is 0 Å². The Morgan fingerprint density at radius 3 is 2.63 bits per heavy atom. The van der Waals surface area contributed by atoms with Crippen molar-refractivity contribution in [1.29, 1.82) is 0 Å². The molecule has 11 nitrogen and oxygen atoms in total. The van der Waals surface area contributed by atoms with Crippen molar-refractivity contribution in [3.05, 3.63) is 82.3 Å². The van der Waals surface area contributed by atoms with E-state index in [1.54, 1.807) is 36.3 Å². The Morgan fingerprint density at radius 2 is 1.92 bits per heavy atom. The molecule has 0 radical (unpaired) electrons. The second kappa shape index (κ2) is 10.9. The molecule has 1 fully saturated rings. The van der Waals surface area contributed by atoms with Gasteiger partial charge in [-0.1, -0.05) is 0 Å². The molecule has 4 aromatic rings. The summed E-state index contributed by atoms with van der Waals surface area (Å²) < 4.78 is 17.8. The van der Waals surface area contributed by atoms with E-state index in [-0.39, 0.29) is 12.2 Å². The first-order valence-electron chi connectivity index (χ1n) is 12.3. The van der Waals surface area contributed by atoms with E-state index in [1.807, 2.05) is 24.3 Å². The van der Waals surface area contributed by atoms with Crippen LogP contribution in [0.2, 0.25) is 0 Å². The molecule has 0 aliphatic carbocycles. The van der Waals surface area contributed by atoms with Crippen molar-refractivity contribution in [2.45, 2.75) is 18.9 Å². The Hall–Kier alpha value is -4.38. The lowest BCUT2D eigenvalue weighted by Crippen LogP contribution is -2.46. The van der Waals surface area contributed by atoms with Gasteiger partial charge >= 0.3 is 5.97 Å². The maximum atomic E-state index is 12.8. The number of fused-ring (bicyclic) bond motifs is 1. The van der Waals surface area contributed by atoms with Gasteiger partial charge in [-0.2, -0.15) is 5.10 Å². The summed E-state index contributed by atoms with van der Waals surface area (Å²) in [6.07, 6.45) is 4.72. The van der Waals surface area contributed by atoms with Gasteiger partial charge in [-0.25, -0.2) is 9.50 Å². The summed E-state index contributed by atoms with van der Waals surface area (Å²) in [6, 6.07) is 11.0. The Labute approximate surface area is 218 Å². The van der Waals surface area contributed by atoms with Gasteiger partial charge in [0.25, 0.3) is 0 Å². The number of ether oxygens (including phenoxy) is 2. The molecule has 5 rings (SSSR count). The van der Waals surface area contributed by atoms with Crippen LogP contribution < -0.4 is 15.1 Å². The highest BCUT2D eigenvalue weighted by Crippen LogP contribution is 2.35. The second-order valence-corrected chi connectivity index (χ2v) is 9.07. The van der Waals surface area contributed by atoms with E-state index in [1.165, 1.54) is 13.2 Å². The summed E-state index contributed by atoms with van der Waals surface area (Å²) in [5, 5.41) is 15.0. The number of methoxy groups -OCH3 is 2. The highest BCUT2D eigenvalue weighted by atomic mass is 16.5. The van der Waals surface area contributed by atoms with Gasteiger partial charge in [-0.15, -0.1) is 0 Å². The summed E-state index contributed by atoms with van der Waals surface area (Å²) in [5.74, 6) is -0.657. The van der Waals surface area contributed by atoms with E-state index >= 15 is 0 Å². The fourth-order valence-electron chi connectivity index (χ4n) is 4.73. The Balaban J connectivity index is 1.38. The molecule has 1 N–H and O–H groups in total. The summed E-state index contributed by atoms with van der Waals surface area (Å²) >= 11 is 0. The smallest absolute Gasteiger partial charge is 0.306 e. The first-order chi connectivity index (χ1) is 18.5. The lowest BCUT2D eigenvalue weighted by Gasteiger charge is -2.36. The van der Waals surface area contributed by atoms with Gasteiger partial charge in [0.15, 0.2) is 11.4 Å². The number of nitrogens with zero attached hydrogens (tertiary/aromatic N) is 5. The largest absolute Gasteiger partial charge is 0.502 e. The van der Waals surface area contributed by atoms with Crippen molar-refractivity contribution in [2.24, 2.45) is 0 Å². The van der Waals surface area contributed by atoms with Crippen LogP contribution in [0.4, 0.5) is 5.69 Å². The van der Waals surface area contributed by atoms with Crippen molar-refractivity contribution < 1.29 is 23.8 Å². The van der Waals surface area contributed by atoms with Gasteiger partial charge in [0, 0.05) is 55.9 Å². The van der Waals surface area contributed by atoms with E-state index in [0.717, 1.165) is 37.6 Å². The maximum Gasteiger partial charge on any atom is 0.306 e. The number of rotatable bonds is 8. The quantitative estimate of drug-likeness (QED) is 0.347. The van der Waals surface area contributed by atoms with E-state index < -0.39 is 23.1 Å². The zero-order valence-electron chi connectivity index (χ0n) is 21.2. The lowest BCUT2D eigenvalue weighted by molar-refractivity contribution is -0.140. The van der Waals surface area contributed by atoms with Crippen LogP contribution in [0.5, 0.6) is 11.5 Å². The van der Waals surface area contributed by atoms with E-state index in [2.05, 4.69) is 19.9 Å². The molecule has 4 heterocycles. The standard InChI is InChI=1S/C27H29N5O6/c1-36-19-6-4-18(5-7-19)31-12-10-30(11-13-31)17-20-14-23(33)25(35)26(38-20)21(15-24(34)37-2)22-16-29-32-9-3-8-28-27(22)32/h3-9,14,16,21,35H,10-13,15,17H2,1-2H3/t21-/m1/s1. The molecule has 1 aliphatic heterocycles. The maximum absolute atomic E-state index is 12.8. The number of anilines is 1. The van der Waals surface area contributed by atoms with Crippen molar-refractivity contribution in [1.82, 2.24) is 19.5 Å². The second-order valence-electron chi connectivity index (χ2n) is 9.07. The van der Waals surface area contributed by atoms with E-state index in [4.69, 9.17) is 13.9 Å². The summed E-state index contributed by atoms with van der Waals surface area (Å²) in [7, 11) is 2.93. The van der Waals surface area contributed by atoms with Crippen molar-refractivity contribution in [2.75, 3.05) is 45.3 Å². The third kappa shape index (κ3) is 5.18. The number of hydrogen-bond donors (Lipinski definition) is 1. The molecule has 198 valence electrons. The number of carbonyl (C=O) groups is 1. The molecule has 1 atom stereocenters. The molecule has 0 bridgehead atoms. The molecule has 0 saturated carbocycles. The third-order valence-corrected chi connectivity index (χ3v) is 6.79. The summed E-state index contributed by atoms with van der Waals surface area (Å²) in [6.45, 7) is 3.52. The average molecular weight is 520 g/mol. The number of esters is 1. The lowest BCUT2D eigenvalue weighted by atomic mass is 9.94. The van der Waals surface area contributed by atoms with Crippen LogP contribution in [0.1, 0.15) is 29.4 Å². The van der Waals surface area contributed by atoms with Gasteiger partial charge in [0.05, 0.1) is 39.3 Å². The highest BCUT2D eigenvalue weighted by Gasteiger charge is 2.30. The van der Waals surface area contributed by atoms with Crippen LogP contribution in [0.3, 0.4) is 0 Å². The van der Waals surface area contributed by atoms with Gasteiger partial charge in [-0.05, 0) is 30.3 Å². The molecule has 0 spiro atoms. The molecular formula is C27H29N5O6. The van der Waals surface area contributed by atoms with Gasteiger partial charge in [0.1, 0.15) is 11.5 Å². The Bertz CT molecular complexity index is 1470. The van der Waals surface area contributed by atoms with Crippen molar-refractivity contribution in [3.8, 4) is 11.5 Å². The number of piperazine rings is 1. The van der Waals surface area contributed by atoms with Crippen LogP contribution >= 0.6 is 0 Å². The van der Waals surface area contributed by atoms with Gasteiger partial charge < -0.3 is 23.9 Å². The molecule has 1 aromatic carbocycles. The fourth-order valence-corrected chi connectivity index (χ4v) is 4.73. The van der Waals surface area contributed by atoms with Gasteiger partial charge in [-0.3, -0.25) is 14.5 Å². The number of hydrogen-bond acceptors (Lipinski definition) is 10. The van der Waals surface area contributed by atoms with E-state index in [0.29, 0.717) is 23.5 Å².